The maximum atomic E-state index is 7.82. The zero-order chi connectivity index (χ0) is 6.83. The Kier molecular flexibility index (Phi) is 21.0. The van der Waals surface area contributed by atoms with Crippen LogP contribution in [0.2, 0.25) is 0 Å². The summed E-state index contributed by atoms with van der Waals surface area (Å²) in [6.07, 6.45) is 2.93. The van der Waals surface area contributed by atoms with Crippen molar-refractivity contribution in [3.8, 4) is 6.07 Å². The Labute approximate surface area is 52.3 Å². The minimum atomic E-state index is 0.694. The summed E-state index contributed by atoms with van der Waals surface area (Å²) in [6, 6.07) is 2.02. The van der Waals surface area contributed by atoms with Gasteiger partial charge in [0.25, 0.3) is 0 Å². The summed E-state index contributed by atoms with van der Waals surface area (Å²) in [4.78, 5) is 0. The molecule has 48 valence electrons. The average molecular weight is 113 g/mol. The number of rotatable bonds is 1. The van der Waals surface area contributed by atoms with Crippen LogP contribution < -0.4 is 0 Å². The first kappa shape index (κ1) is 10.5. The molecular weight excluding hydrogens is 98.1 g/mol. The van der Waals surface area contributed by atoms with E-state index in [9.17, 15) is 0 Å². The largest absolute Gasteiger partial charge is 0.198 e. The van der Waals surface area contributed by atoms with Crippen molar-refractivity contribution in [2.24, 2.45) is 0 Å². The molecule has 0 fully saturated rings. The van der Waals surface area contributed by atoms with Crippen LogP contribution in [0.5, 0.6) is 0 Å². The third kappa shape index (κ3) is 49.9. The summed E-state index contributed by atoms with van der Waals surface area (Å²) >= 11 is 0. The second-order valence-electron chi connectivity index (χ2n) is 1.62. The van der Waals surface area contributed by atoms with Crippen LogP contribution in [0.3, 0.4) is 0 Å². The van der Waals surface area contributed by atoms with Gasteiger partial charge in [0.2, 0.25) is 0 Å². The fraction of sp³-hybridized carbons (Fsp3) is 0.857. The van der Waals surface area contributed by atoms with Crippen molar-refractivity contribution < 1.29 is 0 Å². The quantitative estimate of drug-likeness (QED) is 0.513. The molecule has 0 atom stereocenters. The molecule has 0 N–H and O–H groups in total. The van der Waals surface area contributed by atoms with Crippen molar-refractivity contribution in [3.63, 3.8) is 0 Å². The molecule has 1 heteroatoms. The van der Waals surface area contributed by atoms with E-state index in [1.165, 1.54) is 6.42 Å². The molecule has 0 aromatic carbocycles. The lowest BCUT2D eigenvalue weighted by atomic mass is 10.4. The number of unbranched alkanes of at least 4 members (excludes halogenated alkanes) is 1. The SMILES string of the molecule is CCC.CCCC#N. The first-order valence-corrected chi connectivity index (χ1v) is 3.20. The normalized spacial score (nSPS) is 6.25. The molecule has 0 aliphatic rings. The molecule has 0 rings (SSSR count). The lowest BCUT2D eigenvalue weighted by molar-refractivity contribution is 0.969. The monoisotopic (exact) mass is 113 g/mol. The second-order valence-corrected chi connectivity index (χ2v) is 1.62. The van der Waals surface area contributed by atoms with E-state index in [0.29, 0.717) is 6.42 Å². The summed E-state index contributed by atoms with van der Waals surface area (Å²) < 4.78 is 0. The summed E-state index contributed by atoms with van der Waals surface area (Å²) in [5.74, 6) is 0. The lowest BCUT2D eigenvalue weighted by Gasteiger charge is -1.65. The van der Waals surface area contributed by atoms with Gasteiger partial charge in [0, 0.05) is 6.42 Å². The van der Waals surface area contributed by atoms with Gasteiger partial charge in [-0.3, -0.25) is 0 Å². The predicted octanol–water partition coefficient (Wildman–Crippen LogP) is 2.73. The average Bonchev–Trinajstić information content (AvgIpc) is 1.71. The third-order valence-corrected chi connectivity index (χ3v) is 0.362. The molecule has 1 nitrogen and oxygen atoms in total. The van der Waals surface area contributed by atoms with Gasteiger partial charge in [-0.25, -0.2) is 0 Å². The second kappa shape index (κ2) is 16.1. The van der Waals surface area contributed by atoms with Crippen LogP contribution in [0, 0.1) is 11.3 Å². The van der Waals surface area contributed by atoms with Crippen LogP contribution in [0.1, 0.15) is 40.0 Å². The molecule has 0 radical (unpaired) electrons. The molecule has 8 heavy (non-hydrogen) atoms. The molecule has 0 unspecified atom stereocenters. The van der Waals surface area contributed by atoms with Gasteiger partial charge in [0.15, 0.2) is 0 Å². The van der Waals surface area contributed by atoms with Crippen LogP contribution in [0.25, 0.3) is 0 Å². The highest BCUT2D eigenvalue weighted by atomic mass is 14.2. The van der Waals surface area contributed by atoms with Crippen molar-refractivity contribution in [1.29, 1.82) is 5.26 Å². The summed E-state index contributed by atoms with van der Waals surface area (Å²) in [6.45, 7) is 6.24. The number of hydrogen-bond acceptors (Lipinski definition) is 1. The Morgan fingerprint density at radius 1 is 1.25 bits per heavy atom. The van der Waals surface area contributed by atoms with E-state index in [2.05, 4.69) is 13.8 Å². The fourth-order valence-corrected chi connectivity index (χ4v) is 0.112. The Balaban J connectivity index is 0. The van der Waals surface area contributed by atoms with Crippen molar-refractivity contribution in [1.82, 2.24) is 0 Å². The standard InChI is InChI=1S/C4H7N.C3H8/c1-2-3-4-5;1-3-2/h2-3H2,1H3;3H2,1-2H3. The smallest absolute Gasteiger partial charge is 0.0621 e. The maximum absolute atomic E-state index is 7.82. The minimum absolute atomic E-state index is 0.694. The molecule has 0 saturated heterocycles. The van der Waals surface area contributed by atoms with Crippen LogP contribution in [0.4, 0.5) is 0 Å². The van der Waals surface area contributed by atoms with Crippen molar-refractivity contribution in [3.05, 3.63) is 0 Å². The summed E-state index contributed by atoms with van der Waals surface area (Å²) in [5.41, 5.74) is 0. The number of nitrogens with zero attached hydrogens (tertiary/aromatic N) is 1. The van der Waals surface area contributed by atoms with Gasteiger partial charge in [0.05, 0.1) is 6.07 Å². The van der Waals surface area contributed by atoms with E-state index in [1.807, 2.05) is 13.0 Å². The van der Waals surface area contributed by atoms with E-state index in [1.54, 1.807) is 0 Å². The first-order valence-electron chi connectivity index (χ1n) is 3.20. The Morgan fingerprint density at radius 2 is 1.62 bits per heavy atom. The van der Waals surface area contributed by atoms with Crippen LogP contribution >= 0.6 is 0 Å². The van der Waals surface area contributed by atoms with Gasteiger partial charge >= 0.3 is 0 Å². The Morgan fingerprint density at radius 3 is 1.62 bits per heavy atom. The van der Waals surface area contributed by atoms with Crippen LogP contribution in [0.15, 0.2) is 0 Å². The zero-order valence-corrected chi connectivity index (χ0v) is 6.07. The Bertz CT molecular complexity index is 51.9. The maximum Gasteiger partial charge on any atom is 0.0621 e. The highest BCUT2D eigenvalue weighted by Gasteiger charge is 1.65. The lowest BCUT2D eigenvalue weighted by Crippen LogP contribution is -1.53. The number of nitriles is 1. The molecule has 0 aromatic rings. The van der Waals surface area contributed by atoms with Gasteiger partial charge in [-0.2, -0.15) is 5.26 Å². The van der Waals surface area contributed by atoms with Crippen LogP contribution in [-0.2, 0) is 0 Å². The van der Waals surface area contributed by atoms with E-state index in [4.69, 9.17) is 5.26 Å². The molecule has 0 saturated carbocycles. The van der Waals surface area contributed by atoms with Crippen molar-refractivity contribution in [2.45, 2.75) is 40.0 Å². The molecule has 0 aliphatic heterocycles. The number of hydrogen-bond donors (Lipinski definition) is 0. The van der Waals surface area contributed by atoms with Gasteiger partial charge in [0.1, 0.15) is 0 Å². The van der Waals surface area contributed by atoms with E-state index in [0.717, 1.165) is 6.42 Å². The van der Waals surface area contributed by atoms with Gasteiger partial charge in [-0.05, 0) is 6.42 Å². The topological polar surface area (TPSA) is 23.8 Å². The van der Waals surface area contributed by atoms with Gasteiger partial charge in [-0.1, -0.05) is 27.2 Å². The van der Waals surface area contributed by atoms with Gasteiger partial charge < -0.3 is 0 Å². The highest BCUT2D eigenvalue weighted by Crippen LogP contribution is 1.77. The fourth-order valence-electron chi connectivity index (χ4n) is 0.112. The molecule has 0 bridgehead atoms. The van der Waals surface area contributed by atoms with Crippen LogP contribution in [-0.4, -0.2) is 0 Å². The summed E-state index contributed by atoms with van der Waals surface area (Å²) in [5, 5.41) is 7.82. The predicted molar refractivity (Wildman–Crippen MR) is 36.5 cm³/mol. The van der Waals surface area contributed by atoms with E-state index in [-0.39, 0.29) is 0 Å². The Hall–Kier alpha value is -0.510. The third-order valence-electron chi connectivity index (χ3n) is 0.362. The minimum Gasteiger partial charge on any atom is -0.198 e. The van der Waals surface area contributed by atoms with Gasteiger partial charge in [-0.15, -0.1) is 0 Å². The highest BCUT2D eigenvalue weighted by molar-refractivity contribution is 4.65. The van der Waals surface area contributed by atoms with Crippen molar-refractivity contribution in [2.75, 3.05) is 0 Å². The molecule has 0 spiro atoms. The molecular formula is C7H15N. The van der Waals surface area contributed by atoms with E-state index >= 15 is 0 Å². The van der Waals surface area contributed by atoms with Crippen molar-refractivity contribution >= 4 is 0 Å². The first-order chi connectivity index (χ1) is 3.83. The van der Waals surface area contributed by atoms with E-state index < -0.39 is 0 Å². The molecule has 0 aliphatic carbocycles. The molecule has 0 heterocycles. The zero-order valence-electron chi connectivity index (χ0n) is 6.07. The summed E-state index contributed by atoms with van der Waals surface area (Å²) in [7, 11) is 0. The molecule has 0 amide bonds. The molecule has 0 aromatic heterocycles.